The maximum Gasteiger partial charge on any atom is 0.417 e. The van der Waals surface area contributed by atoms with Crippen molar-refractivity contribution in [1.29, 1.82) is 0 Å². The van der Waals surface area contributed by atoms with Crippen LogP contribution >= 0.6 is 35.0 Å². The van der Waals surface area contributed by atoms with Crippen molar-refractivity contribution in [2.24, 2.45) is 0 Å². The fourth-order valence-corrected chi connectivity index (χ4v) is 3.81. The predicted octanol–water partition coefficient (Wildman–Crippen LogP) is 5.10. The summed E-state index contributed by atoms with van der Waals surface area (Å²) in [7, 11) is 0. The van der Waals surface area contributed by atoms with Crippen molar-refractivity contribution in [2.75, 3.05) is 12.3 Å². The summed E-state index contributed by atoms with van der Waals surface area (Å²) >= 11 is 12.8. The van der Waals surface area contributed by atoms with E-state index >= 15 is 0 Å². The largest absolute Gasteiger partial charge is 0.417 e. The molecule has 31 heavy (non-hydrogen) atoms. The highest BCUT2D eigenvalue weighted by atomic mass is 35.5. The van der Waals surface area contributed by atoms with Crippen LogP contribution in [0.3, 0.4) is 0 Å². The van der Waals surface area contributed by atoms with E-state index in [4.69, 9.17) is 29.6 Å². The van der Waals surface area contributed by atoms with Gasteiger partial charge in [-0.25, -0.2) is 0 Å². The zero-order chi connectivity index (χ0) is 22.6. The van der Waals surface area contributed by atoms with Gasteiger partial charge in [0.1, 0.15) is 0 Å². The molecule has 0 saturated carbocycles. The molecule has 0 fully saturated rings. The first-order chi connectivity index (χ1) is 14.7. The van der Waals surface area contributed by atoms with Crippen molar-refractivity contribution in [3.05, 3.63) is 58.1 Å². The van der Waals surface area contributed by atoms with Gasteiger partial charge in [0.15, 0.2) is 11.0 Å². The van der Waals surface area contributed by atoms with Crippen LogP contribution in [0.25, 0.3) is 17.1 Å². The Morgan fingerprint density at radius 2 is 1.97 bits per heavy atom. The number of rotatable bonds is 6. The Morgan fingerprint density at radius 3 is 2.65 bits per heavy atom. The molecule has 1 heterocycles. The SMILES string of the molecule is C#CCNC(=O)CSc1nnc(-c2cccc(Cl)c2)n1-c1ccc(Cl)c(C(F)(F)F)c1. The minimum atomic E-state index is -4.65. The van der Waals surface area contributed by atoms with Crippen molar-refractivity contribution < 1.29 is 18.0 Å². The number of thioether (sulfide) groups is 1. The molecule has 0 aliphatic rings. The summed E-state index contributed by atoms with van der Waals surface area (Å²) in [6.45, 7) is 0.0615. The van der Waals surface area contributed by atoms with Gasteiger partial charge in [0.05, 0.1) is 28.6 Å². The molecule has 0 spiro atoms. The summed E-state index contributed by atoms with van der Waals surface area (Å²) in [5, 5.41) is 10.9. The first-order valence-electron chi connectivity index (χ1n) is 8.62. The highest BCUT2D eigenvalue weighted by Gasteiger charge is 2.34. The van der Waals surface area contributed by atoms with Crippen LogP contribution in [0.1, 0.15) is 5.56 Å². The summed E-state index contributed by atoms with van der Waals surface area (Å²) in [6.07, 6.45) is 0.461. The molecule has 0 bridgehead atoms. The summed E-state index contributed by atoms with van der Waals surface area (Å²) < 4.78 is 41.6. The van der Waals surface area contributed by atoms with Crippen LogP contribution in [0.15, 0.2) is 47.6 Å². The van der Waals surface area contributed by atoms with E-state index in [1.54, 1.807) is 24.3 Å². The zero-order valence-electron chi connectivity index (χ0n) is 15.6. The van der Waals surface area contributed by atoms with Gasteiger partial charge >= 0.3 is 6.18 Å². The molecule has 0 aliphatic carbocycles. The minimum absolute atomic E-state index is 0.0604. The second kappa shape index (κ2) is 9.64. The van der Waals surface area contributed by atoms with E-state index in [1.807, 2.05) is 0 Å². The smallest absolute Gasteiger partial charge is 0.344 e. The molecule has 0 atom stereocenters. The van der Waals surface area contributed by atoms with E-state index in [-0.39, 0.29) is 34.9 Å². The number of halogens is 5. The molecule has 0 saturated heterocycles. The van der Waals surface area contributed by atoms with Gasteiger partial charge in [-0.2, -0.15) is 13.2 Å². The normalized spacial score (nSPS) is 11.2. The molecular weight excluding hydrogens is 472 g/mol. The topological polar surface area (TPSA) is 59.8 Å². The number of carbonyl (C=O) groups excluding carboxylic acids is 1. The standard InChI is InChI=1S/C20H13Cl2F3N4OS/c1-2-8-26-17(30)11-31-19-28-27-18(12-4-3-5-13(21)9-12)29(19)14-6-7-16(22)15(10-14)20(23,24)25/h1,3-7,9-10H,8,11H2,(H,26,30). The molecule has 0 radical (unpaired) electrons. The maximum absolute atomic E-state index is 13.4. The van der Waals surface area contributed by atoms with Crippen molar-refractivity contribution >= 4 is 40.9 Å². The predicted molar refractivity (Wildman–Crippen MR) is 114 cm³/mol. The van der Waals surface area contributed by atoms with Gasteiger partial charge in [0.25, 0.3) is 0 Å². The van der Waals surface area contributed by atoms with Crippen molar-refractivity contribution in [3.8, 4) is 29.4 Å². The van der Waals surface area contributed by atoms with Crippen LogP contribution in [0.4, 0.5) is 13.2 Å². The van der Waals surface area contributed by atoms with Crippen LogP contribution in [-0.4, -0.2) is 33.0 Å². The van der Waals surface area contributed by atoms with Gasteiger partial charge in [-0.3, -0.25) is 9.36 Å². The van der Waals surface area contributed by atoms with Crippen molar-refractivity contribution in [2.45, 2.75) is 11.3 Å². The number of hydrogen-bond acceptors (Lipinski definition) is 4. The lowest BCUT2D eigenvalue weighted by atomic mass is 10.1. The molecule has 0 unspecified atom stereocenters. The summed E-state index contributed by atoms with van der Waals surface area (Å²) in [4.78, 5) is 11.9. The summed E-state index contributed by atoms with van der Waals surface area (Å²) in [5.74, 6) is 2.13. The van der Waals surface area contributed by atoms with Gasteiger partial charge in [-0.15, -0.1) is 16.6 Å². The van der Waals surface area contributed by atoms with E-state index in [1.165, 1.54) is 10.6 Å². The molecule has 3 aromatic rings. The molecule has 11 heteroatoms. The number of nitrogens with zero attached hydrogens (tertiary/aromatic N) is 3. The highest BCUT2D eigenvalue weighted by Crippen LogP contribution is 2.37. The Kier molecular flexibility index (Phi) is 7.15. The van der Waals surface area contributed by atoms with Crippen LogP contribution in [0, 0.1) is 12.3 Å². The first-order valence-corrected chi connectivity index (χ1v) is 10.4. The highest BCUT2D eigenvalue weighted by molar-refractivity contribution is 7.99. The number of aromatic nitrogens is 3. The van der Waals surface area contributed by atoms with Crippen molar-refractivity contribution in [3.63, 3.8) is 0 Å². The Bertz CT molecular complexity index is 1160. The van der Waals surface area contributed by atoms with Crippen LogP contribution in [0.5, 0.6) is 0 Å². The van der Waals surface area contributed by atoms with Gasteiger partial charge in [0.2, 0.25) is 5.91 Å². The van der Waals surface area contributed by atoms with E-state index < -0.39 is 16.8 Å². The second-order valence-corrected chi connectivity index (χ2v) is 7.87. The second-order valence-electron chi connectivity index (χ2n) is 6.08. The van der Waals surface area contributed by atoms with Gasteiger partial charge < -0.3 is 5.32 Å². The first kappa shape index (κ1) is 23.0. The Hall–Kier alpha value is -2.67. The number of benzene rings is 2. The van der Waals surface area contributed by atoms with Gasteiger partial charge in [-0.1, -0.05) is 53.0 Å². The Morgan fingerprint density at radius 1 is 1.19 bits per heavy atom. The molecule has 0 aliphatic heterocycles. The van der Waals surface area contributed by atoms with E-state index in [2.05, 4.69) is 21.4 Å². The number of nitrogens with one attached hydrogen (secondary N) is 1. The van der Waals surface area contributed by atoms with Crippen LogP contribution in [0.2, 0.25) is 10.0 Å². The number of carbonyl (C=O) groups is 1. The molecule has 2 aromatic carbocycles. The lowest BCUT2D eigenvalue weighted by Crippen LogP contribution is -2.25. The molecular formula is C20H13Cl2F3N4OS. The third kappa shape index (κ3) is 5.53. The Balaban J connectivity index is 2.09. The van der Waals surface area contributed by atoms with E-state index in [0.29, 0.717) is 10.6 Å². The van der Waals surface area contributed by atoms with E-state index in [0.717, 1.165) is 23.9 Å². The van der Waals surface area contributed by atoms with Crippen LogP contribution < -0.4 is 5.32 Å². The number of alkyl halides is 3. The number of amides is 1. The van der Waals surface area contributed by atoms with Crippen molar-refractivity contribution in [1.82, 2.24) is 20.1 Å². The van der Waals surface area contributed by atoms with Gasteiger partial charge in [-0.05, 0) is 30.3 Å². The molecule has 1 amide bonds. The summed E-state index contributed by atoms with van der Waals surface area (Å²) in [5.41, 5.74) is -0.338. The minimum Gasteiger partial charge on any atom is -0.344 e. The monoisotopic (exact) mass is 484 g/mol. The van der Waals surface area contributed by atoms with Gasteiger partial charge in [0, 0.05) is 10.6 Å². The fourth-order valence-electron chi connectivity index (χ4n) is 2.61. The van der Waals surface area contributed by atoms with Crippen LogP contribution in [-0.2, 0) is 11.0 Å². The Labute approximate surface area is 189 Å². The average molecular weight is 485 g/mol. The zero-order valence-corrected chi connectivity index (χ0v) is 17.9. The molecule has 160 valence electrons. The molecule has 1 aromatic heterocycles. The third-order valence-corrected chi connectivity index (χ3v) is 5.44. The number of terminal acetylenes is 1. The van der Waals surface area contributed by atoms with E-state index in [9.17, 15) is 18.0 Å². The molecule has 5 nitrogen and oxygen atoms in total. The third-order valence-electron chi connectivity index (χ3n) is 3.95. The maximum atomic E-state index is 13.4. The lowest BCUT2D eigenvalue weighted by Gasteiger charge is -2.14. The fraction of sp³-hybridized carbons (Fsp3) is 0.150. The average Bonchev–Trinajstić information content (AvgIpc) is 3.14. The summed E-state index contributed by atoms with van der Waals surface area (Å²) in [6, 6.07) is 10.1. The lowest BCUT2D eigenvalue weighted by molar-refractivity contribution is -0.137. The molecule has 1 N–H and O–H groups in total. The quantitative estimate of drug-likeness (QED) is 0.390. The molecule has 3 rings (SSSR count). The number of hydrogen-bond donors (Lipinski definition) is 1.